The molecule has 2 heterocycles. The van der Waals surface area contributed by atoms with Crippen LogP contribution < -0.4 is 15.4 Å². The number of fused-ring (bicyclic) bond motifs is 1. The Balaban J connectivity index is 1.49. The molecule has 9 heteroatoms. The number of unbranched alkanes of at least 4 members (excludes halogenated alkanes) is 1. The van der Waals surface area contributed by atoms with Gasteiger partial charge in [0.1, 0.15) is 23.7 Å². The maximum Gasteiger partial charge on any atom is 0.248 e. The second-order valence-electron chi connectivity index (χ2n) is 8.58. The summed E-state index contributed by atoms with van der Waals surface area (Å²) >= 11 is 5.90. The lowest BCUT2D eigenvalue weighted by Crippen LogP contribution is -2.10. The summed E-state index contributed by atoms with van der Waals surface area (Å²) in [6.45, 7) is 5.17. The first-order chi connectivity index (χ1) is 16.9. The van der Waals surface area contributed by atoms with Gasteiger partial charge in [-0.2, -0.15) is 0 Å². The second kappa shape index (κ2) is 11.0. The Hall–Kier alpha value is -3.23. The monoisotopic (exact) mass is 497 g/mol. The highest BCUT2D eigenvalue weighted by Crippen LogP contribution is 2.34. The molecule has 3 atom stereocenters. The van der Waals surface area contributed by atoms with Crippen LogP contribution in [-0.2, 0) is 4.79 Å². The van der Waals surface area contributed by atoms with Crippen LogP contribution >= 0.6 is 11.6 Å². The fourth-order valence-electron chi connectivity index (χ4n) is 4.22. The molecule has 0 radical (unpaired) electrons. The SMILES string of the molecule is CCCCC1C(C)N1CC=CC(=O)Nc1cc2c(Nc3ccc(F)c(Cl)c3)ncnc2cc1OC. The van der Waals surface area contributed by atoms with E-state index in [1.54, 1.807) is 24.3 Å². The summed E-state index contributed by atoms with van der Waals surface area (Å²) in [5.74, 6) is 0.212. The molecule has 3 aromatic rings. The molecule has 0 saturated carbocycles. The number of anilines is 3. The normalized spacial score (nSPS) is 19.2. The first kappa shape index (κ1) is 24.9. The first-order valence-corrected chi connectivity index (χ1v) is 12.1. The van der Waals surface area contributed by atoms with E-state index in [4.69, 9.17) is 16.3 Å². The molecule has 7 nitrogen and oxygen atoms in total. The molecular formula is C26H29ClFN5O2. The van der Waals surface area contributed by atoms with Crippen molar-refractivity contribution in [2.75, 3.05) is 24.3 Å². The largest absolute Gasteiger partial charge is 0.494 e. The van der Waals surface area contributed by atoms with Gasteiger partial charge < -0.3 is 15.4 Å². The van der Waals surface area contributed by atoms with Crippen LogP contribution in [0.2, 0.25) is 5.02 Å². The molecule has 2 aromatic carbocycles. The maximum atomic E-state index is 13.5. The Morgan fingerprint density at radius 3 is 2.86 bits per heavy atom. The van der Waals surface area contributed by atoms with Crippen molar-refractivity contribution in [2.45, 2.75) is 45.2 Å². The number of hydrogen-bond donors (Lipinski definition) is 2. The van der Waals surface area contributed by atoms with Crippen LogP contribution in [0.25, 0.3) is 10.9 Å². The number of nitrogens with one attached hydrogen (secondary N) is 2. The predicted molar refractivity (Wildman–Crippen MR) is 138 cm³/mol. The molecule has 1 aliphatic heterocycles. The Morgan fingerprint density at radius 2 is 2.11 bits per heavy atom. The van der Waals surface area contributed by atoms with Crippen molar-refractivity contribution in [2.24, 2.45) is 0 Å². The summed E-state index contributed by atoms with van der Waals surface area (Å²) in [6, 6.07) is 8.98. The van der Waals surface area contributed by atoms with E-state index in [1.807, 2.05) is 6.08 Å². The average Bonchev–Trinajstić information content (AvgIpc) is 3.47. The molecule has 3 unspecified atom stereocenters. The van der Waals surface area contributed by atoms with Gasteiger partial charge in [-0.3, -0.25) is 9.69 Å². The van der Waals surface area contributed by atoms with E-state index >= 15 is 0 Å². The number of amides is 1. The fourth-order valence-corrected chi connectivity index (χ4v) is 4.40. The molecule has 0 bridgehead atoms. The zero-order chi connectivity index (χ0) is 24.9. The quantitative estimate of drug-likeness (QED) is 0.267. The van der Waals surface area contributed by atoms with Crippen molar-refractivity contribution in [3.05, 3.63) is 59.7 Å². The first-order valence-electron chi connectivity index (χ1n) is 11.7. The Kier molecular flexibility index (Phi) is 7.83. The summed E-state index contributed by atoms with van der Waals surface area (Å²) < 4.78 is 19.0. The van der Waals surface area contributed by atoms with Crippen LogP contribution in [0.3, 0.4) is 0 Å². The minimum Gasteiger partial charge on any atom is -0.494 e. The van der Waals surface area contributed by atoms with E-state index in [9.17, 15) is 9.18 Å². The number of aromatic nitrogens is 2. The van der Waals surface area contributed by atoms with E-state index in [0.717, 1.165) is 6.54 Å². The Morgan fingerprint density at radius 1 is 1.29 bits per heavy atom. The van der Waals surface area contributed by atoms with E-state index in [-0.39, 0.29) is 10.9 Å². The Labute approximate surface area is 209 Å². The van der Waals surface area contributed by atoms with Crippen LogP contribution in [0.4, 0.5) is 21.6 Å². The van der Waals surface area contributed by atoms with E-state index in [2.05, 4.69) is 39.3 Å². The number of benzene rings is 2. The minimum atomic E-state index is -0.503. The number of carbonyl (C=O) groups excluding carboxylic acids is 1. The molecule has 1 aromatic heterocycles. The number of carbonyl (C=O) groups is 1. The van der Waals surface area contributed by atoms with Crippen molar-refractivity contribution in [3.8, 4) is 5.75 Å². The van der Waals surface area contributed by atoms with Gasteiger partial charge in [0.25, 0.3) is 0 Å². The highest BCUT2D eigenvalue weighted by atomic mass is 35.5. The molecule has 2 N–H and O–H groups in total. The number of methoxy groups -OCH3 is 1. The van der Waals surface area contributed by atoms with E-state index in [0.29, 0.717) is 45.9 Å². The lowest BCUT2D eigenvalue weighted by molar-refractivity contribution is -0.111. The third-order valence-electron chi connectivity index (χ3n) is 6.25. The Bertz CT molecular complexity index is 1250. The average molecular weight is 498 g/mol. The zero-order valence-corrected chi connectivity index (χ0v) is 20.8. The van der Waals surface area contributed by atoms with Crippen molar-refractivity contribution in [3.63, 3.8) is 0 Å². The summed E-state index contributed by atoms with van der Waals surface area (Å²) in [6.07, 6.45) is 8.48. The van der Waals surface area contributed by atoms with Crippen LogP contribution in [0.15, 0.2) is 48.8 Å². The molecule has 1 amide bonds. The van der Waals surface area contributed by atoms with E-state index in [1.165, 1.54) is 44.8 Å². The smallest absolute Gasteiger partial charge is 0.248 e. The van der Waals surface area contributed by atoms with Crippen molar-refractivity contribution >= 4 is 45.6 Å². The summed E-state index contributed by atoms with van der Waals surface area (Å²) in [5, 5.41) is 6.68. The third kappa shape index (κ3) is 5.89. The van der Waals surface area contributed by atoms with Crippen molar-refractivity contribution in [1.82, 2.24) is 14.9 Å². The van der Waals surface area contributed by atoms with Crippen molar-refractivity contribution < 1.29 is 13.9 Å². The number of hydrogen-bond acceptors (Lipinski definition) is 6. The van der Waals surface area contributed by atoms with Gasteiger partial charge in [-0.1, -0.05) is 37.4 Å². The van der Waals surface area contributed by atoms with Gasteiger partial charge in [0, 0.05) is 41.8 Å². The highest BCUT2D eigenvalue weighted by Gasteiger charge is 2.41. The third-order valence-corrected chi connectivity index (χ3v) is 6.54. The number of ether oxygens (including phenoxy) is 1. The standard InChI is InChI=1S/C26H29ClFN5O2/c1-4-5-7-23-16(2)33(23)11-6-8-25(34)32-22-13-18-21(14-24(22)35-3)29-15-30-26(18)31-17-9-10-20(28)19(27)12-17/h6,8-10,12-16,23H,4-5,7,11H2,1-3H3,(H,32,34)(H,29,30,31). The minimum absolute atomic E-state index is 0.00312. The van der Waals surface area contributed by atoms with Crippen LogP contribution in [0.1, 0.15) is 33.1 Å². The van der Waals surface area contributed by atoms with Gasteiger partial charge in [0.15, 0.2) is 0 Å². The highest BCUT2D eigenvalue weighted by molar-refractivity contribution is 6.31. The predicted octanol–water partition coefficient (Wildman–Crippen LogP) is 5.93. The summed E-state index contributed by atoms with van der Waals surface area (Å²) in [7, 11) is 1.53. The lowest BCUT2D eigenvalue weighted by atomic mass is 10.1. The van der Waals surface area contributed by atoms with Gasteiger partial charge in [0.05, 0.1) is 23.3 Å². The molecule has 35 heavy (non-hydrogen) atoms. The maximum absolute atomic E-state index is 13.5. The van der Waals surface area contributed by atoms with Gasteiger partial charge in [-0.25, -0.2) is 14.4 Å². The van der Waals surface area contributed by atoms with Crippen molar-refractivity contribution in [1.29, 1.82) is 0 Å². The molecule has 1 aliphatic rings. The topological polar surface area (TPSA) is 79.2 Å². The molecule has 0 spiro atoms. The summed E-state index contributed by atoms with van der Waals surface area (Å²) in [5.41, 5.74) is 1.68. The number of rotatable bonds is 10. The number of nitrogens with zero attached hydrogens (tertiary/aromatic N) is 3. The molecule has 1 saturated heterocycles. The van der Waals surface area contributed by atoms with Crippen LogP contribution in [0, 0.1) is 5.82 Å². The van der Waals surface area contributed by atoms with Crippen LogP contribution in [0.5, 0.6) is 5.75 Å². The lowest BCUT2D eigenvalue weighted by Gasteiger charge is -2.13. The van der Waals surface area contributed by atoms with E-state index < -0.39 is 5.82 Å². The second-order valence-corrected chi connectivity index (χ2v) is 8.99. The zero-order valence-electron chi connectivity index (χ0n) is 20.0. The van der Waals surface area contributed by atoms with Crippen LogP contribution in [-0.4, -0.2) is 46.5 Å². The molecule has 1 fully saturated rings. The molecular weight excluding hydrogens is 469 g/mol. The number of halogens is 2. The fraction of sp³-hybridized carbons (Fsp3) is 0.346. The van der Waals surface area contributed by atoms with Gasteiger partial charge in [-0.15, -0.1) is 0 Å². The molecule has 0 aliphatic carbocycles. The van der Waals surface area contributed by atoms with Gasteiger partial charge in [0.2, 0.25) is 5.91 Å². The van der Waals surface area contributed by atoms with Gasteiger partial charge >= 0.3 is 0 Å². The molecule has 184 valence electrons. The summed E-state index contributed by atoms with van der Waals surface area (Å²) in [4.78, 5) is 23.6. The van der Waals surface area contributed by atoms with Gasteiger partial charge in [-0.05, 0) is 37.6 Å². The molecule has 4 rings (SSSR count).